The van der Waals surface area contributed by atoms with E-state index in [0.29, 0.717) is 5.56 Å². The van der Waals surface area contributed by atoms with E-state index in [-0.39, 0.29) is 5.57 Å². The number of hydrogen-bond acceptors (Lipinski definition) is 2. The number of rotatable bonds is 3. The van der Waals surface area contributed by atoms with Gasteiger partial charge in [-0.2, -0.15) is 5.26 Å². The average Bonchev–Trinajstić information content (AvgIpc) is 2.26. The van der Waals surface area contributed by atoms with E-state index >= 15 is 0 Å². The van der Waals surface area contributed by atoms with E-state index in [0.717, 1.165) is 11.6 Å². The van der Waals surface area contributed by atoms with Crippen LogP contribution in [-0.4, -0.2) is 11.1 Å². The van der Waals surface area contributed by atoms with Gasteiger partial charge in [0.15, 0.2) is 0 Å². The summed E-state index contributed by atoms with van der Waals surface area (Å²) < 4.78 is 0. The van der Waals surface area contributed by atoms with E-state index < -0.39 is 5.97 Å². The Hall–Kier alpha value is -2.34. The van der Waals surface area contributed by atoms with Gasteiger partial charge in [0.2, 0.25) is 0 Å². The highest BCUT2D eigenvalue weighted by Crippen LogP contribution is 2.14. The van der Waals surface area contributed by atoms with E-state index in [2.05, 4.69) is 6.58 Å². The van der Waals surface area contributed by atoms with Crippen molar-refractivity contribution in [1.29, 1.82) is 5.26 Å². The van der Waals surface area contributed by atoms with Crippen LogP contribution >= 0.6 is 0 Å². The smallest absolute Gasteiger partial charge is 0.329 e. The molecule has 0 aliphatic carbocycles. The van der Waals surface area contributed by atoms with Crippen molar-refractivity contribution < 1.29 is 9.90 Å². The predicted molar refractivity (Wildman–Crippen MR) is 57.8 cm³/mol. The van der Waals surface area contributed by atoms with Crippen LogP contribution in [0.3, 0.4) is 0 Å². The average molecular weight is 199 g/mol. The Morgan fingerprint density at radius 2 is 2.00 bits per heavy atom. The first-order valence-electron chi connectivity index (χ1n) is 4.25. The standard InChI is InChI=1S/C12H9NO2/c1-2-9-3-5-10(6-4-9)11(8-13)7-12(14)15/h2-7H,1H2,(H,14,15). The molecule has 1 aromatic rings. The van der Waals surface area contributed by atoms with E-state index in [1.807, 2.05) is 6.07 Å². The summed E-state index contributed by atoms with van der Waals surface area (Å²) >= 11 is 0. The van der Waals surface area contributed by atoms with Crippen LogP contribution in [0.15, 0.2) is 36.9 Å². The molecule has 1 rings (SSSR count). The topological polar surface area (TPSA) is 61.1 Å². The number of carbonyl (C=O) groups is 1. The Morgan fingerprint density at radius 1 is 1.40 bits per heavy atom. The summed E-state index contributed by atoms with van der Waals surface area (Å²) in [5, 5.41) is 17.3. The Morgan fingerprint density at radius 3 is 2.40 bits per heavy atom. The molecule has 0 unspecified atom stereocenters. The summed E-state index contributed by atoms with van der Waals surface area (Å²) in [4.78, 5) is 10.4. The van der Waals surface area contributed by atoms with E-state index in [1.165, 1.54) is 0 Å². The lowest BCUT2D eigenvalue weighted by molar-refractivity contribution is -0.131. The molecule has 0 saturated carbocycles. The second-order valence-corrected chi connectivity index (χ2v) is 2.83. The number of benzene rings is 1. The maximum atomic E-state index is 10.4. The summed E-state index contributed by atoms with van der Waals surface area (Å²) in [5.74, 6) is -1.13. The van der Waals surface area contributed by atoms with Gasteiger partial charge in [-0.3, -0.25) is 0 Å². The molecule has 15 heavy (non-hydrogen) atoms. The number of nitriles is 1. The lowest BCUT2D eigenvalue weighted by Crippen LogP contribution is -1.91. The van der Waals surface area contributed by atoms with Crippen LogP contribution in [0.4, 0.5) is 0 Å². The molecular formula is C12H9NO2. The molecule has 0 aliphatic heterocycles. The monoisotopic (exact) mass is 199 g/mol. The van der Waals surface area contributed by atoms with Crippen molar-refractivity contribution in [1.82, 2.24) is 0 Å². The highest BCUT2D eigenvalue weighted by atomic mass is 16.4. The summed E-state index contributed by atoms with van der Waals surface area (Å²) in [7, 11) is 0. The summed E-state index contributed by atoms with van der Waals surface area (Å²) in [6.45, 7) is 3.60. The summed E-state index contributed by atoms with van der Waals surface area (Å²) in [5.41, 5.74) is 1.65. The van der Waals surface area contributed by atoms with E-state index in [9.17, 15) is 4.79 Å². The number of allylic oxidation sites excluding steroid dienone is 1. The summed E-state index contributed by atoms with van der Waals surface area (Å²) in [6.07, 6.45) is 2.57. The molecular weight excluding hydrogens is 190 g/mol. The molecule has 0 saturated heterocycles. The van der Waals surface area contributed by atoms with Gasteiger partial charge in [0, 0.05) is 6.08 Å². The molecule has 1 N–H and O–H groups in total. The fraction of sp³-hybridized carbons (Fsp3) is 0. The van der Waals surface area contributed by atoms with Crippen molar-refractivity contribution in [3.63, 3.8) is 0 Å². The normalized spacial score (nSPS) is 10.5. The van der Waals surface area contributed by atoms with Crippen LogP contribution in [0.1, 0.15) is 11.1 Å². The number of hydrogen-bond donors (Lipinski definition) is 1. The maximum absolute atomic E-state index is 10.4. The zero-order valence-electron chi connectivity index (χ0n) is 7.97. The van der Waals surface area contributed by atoms with Crippen molar-refractivity contribution in [3.8, 4) is 6.07 Å². The Bertz CT molecular complexity index is 450. The van der Waals surface area contributed by atoms with Crippen LogP contribution < -0.4 is 0 Å². The van der Waals surface area contributed by atoms with Gasteiger partial charge < -0.3 is 5.11 Å². The van der Waals surface area contributed by atoms with Crippen molar-refractivity contribution in [2.75, 3.05) is 0 Å². The Kier molecular flexibility index (Phi) is 3.42. The molecule has 0 radical (unpaired) electrons. The zero-order chi connectivity index (χ0) is 11.3. The fourth-order valence-electron chi connectivity index (χ4n) is 1.10. The maximum Gasteiger partial charge on any atom is 0.329 e. The number of carboxylic acids is 1. The van der Waals surface area contributed by atoms with Gasteiger partial charge in [-0.05, 0) is 11.1 Å². The Balaban J connectivity index is 3.10. The minimum atomic E-state index is -1.13. The minimum absolute atomic E-state index is 0.137. The molecule has 0 bridgehead atoms. The van der Waals surface area contributed by atoms with Crippen molar-refractivity contribution in [3.05, 3.63) is 48.0 Å². The molecule has 1 aromatic carbocycles. The van der Waals surface area contributed by atoms with Crippen LogP contribution in [0.25, 0.3) is 11.6 Å². The fourth-order valence-corrected chi connectivity index (χ4v) is 1.10. The van der Waals surface area contributed by atoms with E-state index in [1.54, 1.807) is 30.3 Å². The molecule has 0 fully saturated rings. The molecule has 0 atom stereocenters. The molecule has 0 amide bonds. The number of aliphatic carboxylic acids is 1. The molecule has 74 valence electrons. The largest absolute Gasteiger partial charge is 0.478 e. The molecule has 0 heterocycles. The first-order chi connectivity index (χ1) is 7.17. The zero-order valence-corrected chi connectivity index (χ0v) is 7.97. The van der Waals surface area contributed by atoms with Crippen LogP contribution in [0.5, 0.6) is 0 Å². The van der Waals surface area contributed by atoms with Gasteiger partial charge in [-0.15, -0.1) is 0 Å². The van der Waals surface area contributed by atoms with Crippen molar-refractivity contribution >= 4 is 17.6 Å². The molecule has 3 heteroatoms. The molecule has 0 spiro atoms. The highest BCUT2D eigenvalue weighted by molar-refractivity contribution is 5.94. The van der Waals surface area contributed by atoms with Crippen LogP contribution in [0.2, 0.25) is 0 Å². The van der Waals surface area contributed by atoms with Gasteiger partial charge in [0.1, 0.15) is 6.07 Å². The van der Waals surface area contributed by atoms with Gasteiger partial charge in [0.05, 0.1) is 5.57 Å². The minimum Gasteiger partial charge on any atom is -0.478 e. The van der Waals surface area contributed by atoms with Crippen molar-refractivity contribution in [2.45, 2.75) is 0 Å². The summed E-state index contributed by atoms with van der Waals surface area (Å²) in [6, 6.07) is 8.77. The third kappa shape index (κ3) is 2.82. The van der Waals surface area contributed by atoms with Crippen molar-refractivity contribution in [2.24, 2.45) is 0 Å². The van der Waals surface area contributed by atoms with Gasteiger partial charge >= 0.3 is 5.97 Å². The highest BCUT2D eigenvalue weighted by Gasteiger charge is 2.02. The SMILES string of the molecule is C=Cc1ccc(C(C#N)=CC(=O)O)cc1. The Labute approximate surface area is 87.6 Å². The first kappa shape index (κ1) is 10.7. The quantitative estimate of drug-likeness (QED) is 0.600. The van der Waals surface area contributed by atoms with Crippen LogP contribution in [0, 0.1) is 11.3 Å². The second-order valence-electron chi connectivity index (χ2n) is 2.83. The van der Waals surface area contributed by atoms with Gasteiger partial charge in [-0.25, -0.2) is 4.79 Å². The van der Waals surface area contributed by atoms with Gasteiger partial charge in [0.25, 0.3) is 0 Å². The predicted octanol–water partition coefficient (Wildman–Crippen LogP) is 2.32. The number of carboxylic acid groups (broad SMARTS) is 1. The molecule has 0 aliphatic rings. The van der Waals surface area contributed by atoms with Crippen LogP contribution in [-0.2, 0) is 4.79 Å². The third-order valence-corrected chi connectivity index (χ3v) is 1.85. The second kappa shape index (κ2) is 4.77. The molecule has 3 nitrogen and oxygen atoms in total. The lowest BCUT2D eigenvalue weighted by atomic mass is 10.0. The van der Waals surface area contributed by atoms with E-state index in [4.69, 9.17) is 10.4 Å². The van der Waals surface area contributed by atoms with Gasteiger partial charge in [-0.1, -0.05) is 36.9 Å². The first-order valence-corrected chi connectivity index (χ1v) is 4.25. The number of nitrogens with zero attached hydrogens (tertiary/aromatic N) is 1. The third-order valence-electron chi connectivity index (χ3n) is 1.85. The lowest BCUT2D eigenvalue weighted by Gasteiger charge is -1.98. The molecule has 0 aromatic heterocycles.